The van der Waals surface area contributed by atoms with Crippen LogP contribution in [-0.4, -0.2) is 29.8 Å². The molecule has 3 aromatic heterocycles. The number of H-pyrrole nitrogens is 1. The first-order valence-electron chi connectivity index (χ1n) is 8.11. The summed E-state index contributed by atoms with van der Waals surface area (Å²) in [5.74, 6) is 0.0700. The molecule has 27 heavy (non-hydrogen) atoms. The molecular weight excluding hydrogens is 410 g/mol. The van der Waals surface area contributed by atoms with Gasteiger partial charge in [0.2, 0.25) is 5.88 Å². The molecule has 2 aromatic carbocycles. The van der Waals surface area contributed by atoms with Gasteiger partial charge >= 0.3 is 0 Å². The number of aromatic amines is 1. The van der Waals surface area contributed by atoms with Crippen LogP contribution in [-0.2, 0) is 7.05 Å². The van der Waals surface area contributed by atoms with Crippen LogP contribution in [0.2, 0.25) is 0 Å². The number of nitrogens with zero attached hydrogens (tertiary/aromatic N) is 6. The van der Waals surface area contributed by atoms with Gasteiger partial charge in [-0.2, -0.15) is 4.98 Å². The predicted molar refractivity (Wildman–Crippen MR) is 106 cm³/mol. The number of fused-ring (bicyclic) bond motifs is 4. The number of aromatic hydroxyl groups is 1. The largest absolute Gasteiger partial charge is 0.493 e. The van der Waals surface area contributed by atoms with Gasteiger partial charge in [-0.25, -0.2) is 0 Å². The van der Waals surface area contributed by atoms with Gasteiger partial charge in [0.1, 0.15) is 5.52 Å². The number of benzene rings is 2. The van der Waals surface area contributed by atoms with Crippen LogP contribution in [0.25, 0.3) is 33.0 Å². The highest BCUT2D eigenvalue weighted by Gasteiger charge is 2.14. The van der Waals surface area contributed by atoms with Crippen molar-refractivity contribution >= 4 is 60.5 Å². The Bertz CT molecular complexity index is 1370. The van der Waals surface area contributed by atoms with E-state index in [0.29, 0.717) is 16.9 Å². The number of rotatable bonds is 2. The van der Waals surface area contributed by atoms with Crippen molar-refractivity contribution in [3.8, 4) is 5.88 Å². The van der Waals surface area contributed by atoms with Crippen molar-refractivity contribution in [3.63, 3.8) is 0 Å². The van der Waals surface area contributed by atoms with Gasteiger partial charge in [-0.3, -0.25) is 0 Å². The van der Waals surface area contributed by atoms with Crippen molar-refractivity contribution in [2.24, 2.45) is 17.3 Å². The Morgan fingerprint density at radius 1 is 1.07 bits per heavy atom. The second-order valence-electron chi connectivity index (χ2n) is 6.07. The third-order valence-corrected chi connectivity index (χ3v) is 4.94. The molecule has 0 aliphatic rings. The van der Waals surface area contributed by atoms with Gasteiger partial charge in [-0.1, -0.05) is 34.1 Å². The molecule has 0 radical (unpaired) electrons. The highest BCUT2D eigenvalue weighted by atomic mass is 79.9. The SMILES string of the molecule is Cn1c2ccc(Br)cc2c2nnc(N=Nc3c(O)[nH]c4ccccc34)nc21. The van der Waals surface area contributed by atoms with Gasteiger partial charge in [0.25, 0.3) is 5.95 Å². The molecular formula is C18H12BrN7O. The third-order valence-electron chi connectivity index (χ3n) is 4.45. The molecule has 0 bridgehead atoms. The first-order chi connectivity index (χ1) is 13.1. The maximum Gasteiger partial charge on any atom is 0.289 e. The van der Waals surface area contributed by atoms with Gasteiger partial charge in [0.05, 0.1) is 11.0 Å². The van der Waals surface area contributed by atoms with Crippen LogP contribution in [0.5, 0.6) is 5.88 Å². The van der Waals surface area contributed by atoms with E-state index in [1.807, 2.05) is 54.1 Å². The molecule has 0 unspecified atom stereocenters. The number of halogens is 1. The summed E-state index contributed by atoms with van der Waals surface area (Å²) < 4.78 is 2.90. The average Bonchev–Trinajstić information content (AvgIpc) is 3.14. The molecule has 5 rings (SSSR count). The minimum Gasteiger partial charge on any atom is -0.493 e. The highest BCUT2D eigenvalue weighted by molar-refractivity contribution is 9.10. The van der Waals surface area contributed by atoms with E-state index in [4.69, 9.17) is 0 Å². The Morgan fingerprint density at radius 3 is 2.81 bits per heavy atom. The van der Waals surface area contributed by atoms with Crippen LogP contribution >= 0.6 is 15.9 Å². The predicted octanol–water partition coefficient (Wildman–Crippen LogP) is 4.88. The Kier molecular flexibility index (Phi) is 3.44. The van der Waals surface area contributed by atoms with E-state index in [2.05, 4.69) is 46.3 Å². The number of hydrogen-bond acceptors (Lipinski definition) is 6. The molecule has 0 aliphatic heterocycles. The maximum atomic E-state index is 10.1. The molecule has 132 valence electrons. The molecule has 0 spiro atoms. The fourth-order valence-corrected chi connectivity index (χ4v) is 3.53. The number of nitrogens with one attached hydrogen (secondary N) is 1. The summed E-state index contributed by atoms with van der Waals surface area (Å²) in [6, 6.07) is 13.4. The number of aryl methyl sites for hydroxylation is 1. The van der Waals surface area contributed by atoms with Crippen molar-refractivity contribution in [2.75, 3.05) is 0 Å². The smallest absolute Gasteiger partial charge is 0.289 e. The summed E-state index contributed by atoms with van der Waals surface area (Å²) in [6.07, 6.45) is 0. The molecule has 3 heterocycles. The monoisotopic (exact) mass is 421 g/mol. The van der Waals surface area contributed by atoms with Crippen molar-refractivity contribution in [2.45, 2.75) is 0 Å². The van der Waals surface area contributed by atoms with Crippen LogP contribution in [0.15, 0.2) is 57.2 Å². The zero-order valence-corrected chi connectivity index (χ0v) is 15.6. The van der Waals surface area contributed by atoms with Crippen LogP contribution < -0.4 is 0 Å². The zero-order chi connectivity index (χ0) is 18.5. The van der Waals surface area contributed by atoms with E-state index in [1.54, 1.807) is 0 Å². The lowest BCUT2D eigenvalue weighted by atomic mass is 10.2. The number of aromatic nitrogens is 5. The fourth-order valence-electron chi connectivity index (χ4n) is 3.17. The van der Waals surface area contributed by atoms with Gasteiger partial charge in [0.15, 0.2) is 11.3 Å². The Hall–Kier alpha value is -3.33. The van der Waals surface area contributed by atoms with E-state index < -0.39 is 0 Å². The summed E-state index contributed by atoms with van der Waals surface area (Å²) in [5.41, 5.74) is 3.48. The van der Waals surface area contributed by atoms with Gasteiger partial charge in [-0.05, 0) is 24.3 Å². The standard InChI is InChI=1S/C18H12BrN7O/c1-26-13-7-6-9(19)8-11(13)14-16(26)21-18(24-22-14)25-23-15-10-4-2-3-5-12(10)20-17(15)27/h2-8,20,27H,1H3. The topological polar surface area (TPSA) is 104 Å². The molecule has 0 saturated carbocycles. The average molecular weight is 422 g/mol. The molecule has 0 aliphatic carbocycles. The molecule has 8 nitrogen and oxygen atoms in total. The third kappa shape index (κ3) is 2.47. The zero-order valence-electron chi connectivity index (χ0n) is 14.0. The van der Waals surface area contributed by atoms with Crippen LogP contribution in [0.3, 0.4) is 0 Å². The van der Waals surface area contributed by atoms with Crippen molar-refractivity contribution in [1.29, 1.82) is 0 Å². The summed E-state index contributed by atoms with van der Waals surface area (Å²) >= 11 is 3.48. The van der Waals surface area contributed by atoms with Gasteiger partial charge in [-0.15, -0.1) is 20.4 Å². The second kappa shape index (κ2) is 5.85. The van der Waals surface area contributed by atoms with Crippen LogP contribution in [0.1, 0.15) is 0 Å². The first kappa shape index (κ1) is 15.9. The normalized spacial score (nSPS) is 12.1. The first-order valence-corrected chi connectivity index (χ1v) is 8.91. The molecule has 0 fully saturated rings. The molecule has 0 atom stereocenters. The van der Waals surface area contributed by atoms with Crippen molar-refractivity contribution < 1.29 is 5.11 Å². The Morgan fingerprint density at radius 2 is 1.93 bits per heavy atom. The van der Waals surface area contributed by atoms with E-state index in [-0.39, 0.29) is 11.8 Å². The minimum atomic E-state index is -0.0524. The highest BCUT2D eigenvalue weighted by Crippen LogP contribution is 2.36. The molecule has 9 heteroatoms. The van der Waals surface area contributed by atoms with Gasteiger partial charge in [0, 0.05) is 22.3 Å². The number of para-hydroxylation sites is 1. The quantitative estimate of drug-likeness (QED) is 0.396. The minimum absolute atomic E-state index is 0.0524. The van der Waals surface area contributed by atoms with Crippen LogP contribution in [0.4, 0.5) is 11.6 Å². The lowest BCUT2D eigenvalue weighted by molar-refractivity contribution is 0.459. The Labute approximate surface area is 160 Å². The second-order valence-corrected chi connectivity index (χ2v) is 6.99. The van der Waals surface area contributed by atoms with E-state index in [9.17, 15) is 5.11 Å². The number of azo groups is 1. The van der Waals surface area contributed by atoms with Crippen LogP contribution in [0, 0.1) is 0 Å². The summed E-state index contributed by atoms with van der Waals surface area (Å²) in [7, 11) is 1.92. The summed E-state index contributed by atoms with van der Waals surface area (Å²) in [6.45, 7) is 0. The molecule has 0 amide bonds. The van der Waals surface area contributed by atoms with Crippen molar-refractivity contribution in [3.05, 3.63) is 46.9 Å². The lowest BCUT2D eigenvalue weighted by Crippen LogP contribution is -1.92. The molecule has 0 saturated heterocycles. The Balaban J connectivity index is 1.63. The van der Waals surface area contributed by atoms with E-state index >= 15 is 0 Å². The molecule has 5 aromatic rings. The van der Waals surface area contributed by atoms with E-state index in [1.165, 1.54) is 0 Å². The molecule has 2 N–H and O–H groups in total. The van der Waals surface area contributed by atoms with Crippen molar-refractivity contribution in [1.82, 2.24) is 24.7 Å². The lowest BCUT2D eigenvalue weighted by Gasteiger charge is -1.96. The van der Waals surface area contributed by atoms with Gasteiger partial charge < -0.3 is 14.7 Å². The number of hydrogen-bond donors (Lipinski definition) is 2. The summed E-state index contributed by atoms with van der Waals surface area (Å²) in [5, 5.41) is 28.4. The van der Waals surface area contributed by atoms with E-state index in [0.717, 1.165) is 26.3 Å². The fraction of sp³-hybridized carbons (Fsp3) is 0.0556. The summed E-state index contributed by atoms with van der Waals surface area (Å²) in [4.78, 5) is 7.33. The maximum absolute atomic E-state index is 10.1.